The Morgan fingerprint density at radius 2 is 2.18 bits per heavy atom. The zero-order valence-electron chi connectivity index (χ0n) is 11.1. The maximum atomic E-state index is 11.9. The van der Waals surface area contributed by atoms with Crippen molar-refractivity contribution in [3.8, 4) is 0 Å². The third-order valence-corrected chi connectivity index (χ3v) is 3.77. The maximum Gasteiger partial charge on any atom is 0.222 e. The molecule has 4 heteroatoms. The highest BCUT2D eigenvalue weighted by atomic mass is 32.1. The number of hydrogen-bond donors (Lipinski definition) is 1. The van der Waals surface area contributed by atoms with E-state index >= 15 is 0 Å². The first-order valence-electron chi connectivity index (χ1n) is 5.85. The third-order valence-electron chi connectivity index (χ3n) is 2.76. The highest BCUT2D eigenvalue weighted by Crippen LogP contribution is 2.18. The summed E-state index contributed by atoms with van der Waals surface area (Å²) in [5.41, 5.74) is 6.87. The fourth-order valence-corrected chi connectivity index (χ4v) is 2.45. The van der Waals surface area contributed by atoms with Crippen molar-refractivity contribution in [1.82, 2.24) is 4.90 Å². The monoisotopic (exact) mass is 254 g/mol. The fraction of sp³-hybridized carbons (Fsp3) is 0.615. The lowest BCUT2D eigenvalue weighted by Crippen LogP contribution is -2.34. The molecule has 96 valence electrons. The fourth-order valence-electron chi connectivity index (χ4n) is 1.49. The van der Waals surface area contributed by atoms with Crippen LogP contribution < -0.4 is 5.73 Å². The average Bonchev–Trinajstić information content (AvgIpc) is 2.59. The third kappa shape index (κ3) is 4.88. The molecule has 1 rings (SSSR count). The average molecular weight is 254 g/mol. The van der Waals surface area contributed by atoms with Gasteiger partial charge in [-0.1, -0.05) is 0 Å². The summed E-state index contributed by atoms with van der Waals surface area (Å²) in [5.74, 6) is 0.163. The summed E-state index contributed by atoms with van der Waals surface area (Å²) in [4.78, 5) is 14.9. The van der Waals surface area contributed by atoms with Gasteiger partial charge in [0.15, 0.2) is 0 Å². The van der Waals surface area contributed by atoms with Gasteiger partial charge in [0, 0.05) is 23.9 Å². The van der Waals surface area contributed by atoms with E-state index in [9.17, 15) is 4.79 Å². The quantitative estimate of drug-likeness (QED) is 0.877. The van der Waals surface area contributed by atoms with Crippen LogP contribution in [0.1, 0.15) is 37.1 Å². The smallest absolute Gasteiger partial charge is 0.222 e. The van der Waals surface area contributed by atoms with Gasteiger partial charge in [-0.15, -0.1) is 11.3 Å². The second-order valence-electron chi connectivity index (χ2n) is 5.27. The Hall–Kier alpha value is -0.870. The van der Waals surface area contributed by atoms with Gasteiger partial charge >= 0.3 is 0 Å². The molecule has 0 aliphatic rings. The lowest BCUT2D eigenvalue weighted by Gasteiger charge is -2.21. The van der Waals surface area contributed by atoms with Crippen molar-refractivity contribution < 1.29 is 4.79 Å². The van der Waals surface area contributed by atoms with Gasteiger partial charge in [0.2, 0.25) is 5.91 Å². The molecule has 0 radical (unpaired) electrons. The van der Waals surface area contributed by atoms with E-state index in [4.69, 9.17) is 5.73 Å². The zero-order valence-corrected chi connectivity index (χ0v) is 11.9. The van der Waals surface area contributed by atoms with Crippen molar-refractivity contribution in [2.75, 3.05) is 7.05 Å². The molecule has 0 aliphatic carbocycles. The summed E-state index contributed by atoms with van der Waals surface area (Å²) in [7, 11) is 1.85. The number of thiophene rings is 1. The predicted molar refractivity (Wildman–Crippen MR) is 73.0 cm³/mol. The Balaban J connectivity index is 2.45. The van der Waals surface area contributed by atoms with E-state index in [1.54, 1.807) is 16.2 Å². The minimum absolute atomic E-state index is 0.163. The van der Waals surface area contributed by atoms with Crippen LogP contribution in [0.3, 0.4) is 0 Å². The normalized spacial score (nSPS) is 11.6. The summed E-state index contributed by atoms with van der Waals surface area (Å²) >= 11 is 1.70. The minimum atomic E-state index is -0.269. The lowest BCUT2D eigenvalue weighted by molar-refractivity contribution is -0.130. The van der Waals surface area contributed by atoms with Gasteiger partial charge in [-0.3, -0.25) is 4.79 Å². The van der Waals surface area contributed by atoms with Gasteiger partial charge in [-0.25, -0.2) is 0 Å². The van der Waals surface area contributed by atoms with Crippen LogP contribution >= 0.6 is 11.3 Å². The number of rotatable bonds is 5. The molecule has 0 unspecified atom stereocenters. The topological polar surface area (TPSA) is 46.3 Å². The second kappa shape index (κ2) is 5.65. The van der Waals surface area contributed by atoms with E-state index in [2.05, 4.69) is 18.4 Å². The summed E-state index contributed by atoms with van der Waals surface area (Å²) in [6.07, 6.45) is 1.24. The molecule has 17 heavy (non-hydrogen) atoms. The van der Waals surface area contributed by atoms with Crippen LogP contribution in [0.5, 0.6) is 0 Å². The molecule has 0 spiro atoms. The number of hydrogen-bond acceptors (Lipinski definition) is 3. The van der Waals surface area contributed by atoms with E-state index in [0.717, 1.165) is 6.42 Å². The number of nitrogens with two attached hydrogens (primary N) is 1. The molecule has 0 aliphatic heterocycles. The van der Waals surface area contributed by atoms with Gasteiger partial charge in [0.1, 0.15) is 0 Å². The Kier molecular flexibility index (Phi) is 4.71. The van der Waals surface area contributed by atoms with Crippen LogP contribution in [0.15, 0.2) is 11.4 Å². The van der Waals surface area contributed by atoms with Gasteiger partial charge in [0.05, 0.1) is 6.54 Å². The highest BCUT2D eigenvalue weighted by molar-refractivity contribution is 7.10. The molecule has 0 fully saturated rings. The van der Waals surface area contributed by atoms with E-state index in [1.807, 2.05) is 20.9 Å². The Labute approximate surface area is 108 Å². The molecule has 1 heterocycles. The van der Waals surface area contributed by atoms with E-state index < -0.39 is 0 Å². The van der Waals surface area contributed by atoms with Crippen molar-refractivity contribution in [2.45, 2.75) is 45.7 Å². The number of carbonyl (C=O) groups excluding carboxylic acids is 1. The van der Waals surface area contributed by atoms with Crippen molar-refractivity contribution in [3.63, 3.8) is 0 Å². The van der Waals surface area contributed by atoms with Gasteiger partial charge in [0.25, 0.3) is 0 Å². The van der Waals surface area contributed by atoms with Crippen molar-refractivity contribution in [3.05, 3.63) is 21.9 Å². The Morgan fingerprint density at radius 3 is 2.65 bits per heavy atom. The molecular formula is C13H22N2OS. The molecule has 0 bridgehead atoms. The molecule has 0 saturated carbocycles. The first-order valence-corrected chi connectivity index (χ1v) is 6.73. The van der Waals surface area contributed by atoms with Crippen LogP contribution in [-0.4, -0.2) is 23.4 Å². The van der Waals surface area contributed by atoms with Gasteiger partial charge in [-0.05, 0) is 44.2 Å². The molecule has 0 saturated heterocycles. The molecule has 0 aromatic carbocycles. The zero-order chi connectivity index (χ0) is 13.1. The molecule has 1 amide bonds. The SMILES string of the molecule is Cc1ccsc1CN(C)C(=O)CCC(C)(C)N. The summed E-state index contributed by atoms with van der Waals surface area (Å²) < 4.78 is 0. The highest BCUT2D eigenvalue weighted by Gasteiger charge is 2.16. The summed E-state index contributed by atoms with van der Waals surface area (Å²) in [6, 6.07) is 2.08. The van der Waals surface area contributed by atoms with E-state index in [0.29, 0.717) is 13.0 Å². The standard InChI is InChI=1S/C13H22N2OS/c1-10-6-8-17-11(10)9-15(4)12(16)5-7-13(2,3)14/h6,8H,5,7,9,14H2,1-4H3. The second-order valence-corrected chi connectivity index (χ2v) is 6.27. The van der Waals surface area contributed by atoms with Gasteiger partial charge < -0.3 is 10.6 Å². The molecule has 1 aromatic heterocycles. The lowest BCUT2D eigenvalue weighted by atomic mass is 10.00. The first kappa shape index (κ1) is 14.2. The van der Waals surface area contributed by atoms with Crippen LogP contribution in [-0.2, 0) is 11.3 Å². The molecule has 0 atom stereocenters. The molecule has 3 nitrogen and oxygen atoms in total. The van der Waals surface area contributed by atoms with Crippen molar-refractivity contribution in [2.24, 2.45) is 5.73 Å². The van der Waals surface area contributed by atoms with E-state index in [-0.39, 0.29) is 11.4 Å². The molecule has 1 aromatic rings. The maximum absolute atomic E-state index is 11.9. The van der Waals surface area contributed by atoms with E-state index in [1.165, 1.54) is 10.4 Å². The predicted octanol–water partition coefficient (Wildman–Crippen LogP) is 2.53. The number of nitrogens with zero attached hydrogens (tertiary/aromatic N) is 1. The first-order chi connectivity index (χ1) is 7.79. The molecular weight excluding hydrogens is 232 g/mol. The largest absolute Gasteiger partial charge is 0.341 e. The summed E-state index contributed by atoms with van der Waals surface area (Å²) in [6.45, 7) is 6.67. The Bertz CT molecular complexity index is 379. The number of aryl methyl sites for hydroxylation is 1. The molecule has 2 N–H and O–H groups in total. The van der Waals surface area contributed by atoms with Crippen LogP contribution in [0.2, 0.25) is 0 Å². The number of amides is 1. The van der Waals surface area contributed by atoms with Crippen LogP contribution in [0, 0.1) is 6.92 Å². The van der Waals surface area contributed by atoms with Crippen LogP contribution in [0.25, 0.3) is 0 Å². The van der Waals surface area contributed by atoms with Crippen molar-refractivity contribution in [1.29, 1.82) is 0 Å². The number of carbonyl (C=O) groups is 1. The summed E-state index contributed by atoms with van der Waals surface area (Å²) in [5, 5.41) is 2.06. The Morgan fingerprint density at radius 1 is 1.53 bits per heavy atom. The van der Waals surface area contributed by atoms with Gasteiger partial charge in [-0.2, -0.15) is 0 Å². The van der Waals surface area contributed by atoms with Crippen molar-refractivity contribution >= 4 is 17.2 Å². The minimum Gasteiger partial charge on any atom is -0.341 e. The van der Waals surface area contributed by atoms with Crippen LogP contribution in [0.4, 0.5) is 0 Å².